The predicted octanol–water partition coefficient (Wildman–Crippen LogP) is 7.79. The van der Waals surface area contributed by atoms with E-state index in [1.54, 1.807) is 6.07 Å². The SMILES string of the molecule is CCCCC1CCC(C=CC2CCC(c3ccc(F)c(F)c3)CC2)CC1. The van der Waals surface area contributed by atoms with Crippen LogP contribution in [-0.2, 0) is 0 Å². The summed E-state index contributed by atoms with van der Waals surface area (Å²) >= 11 is 0. The highest BCUT2D eigenvalue weighted by molar-refractivity contribution is 5.22. The van der Waals surface area contributed by atoms with Gasteiger partial charge in [-0.1, -0.05) is 44.4 Å². The summed E-state index contributed by atoms with van der Waals surface area (Å²) in [4.78, 5) is 0. The molecule has 0 spiro atoms. The van der Waals surface area contributed by atoms with Gasteiger partial charge in [0.2, 0.25) is 0 Å². The van der Waals surface area contributed by atoms with Crippen molar-refractivity contribution in [3.63, 3.8) is 0 Å². The molecule has 2 saturated carbocycles. The Kier molecular flexibility index (Phi) is 7.28. The van der Waals surface area contributed by atoms with E-state index in [1.807, 2.05) is 0 Å². The zero-order chi connectivity index (χ0) is 18.4. The van der Waals surface area contributed by atoms with Crippen LogP contribution in [0.1, 0.15) is 89.0 Å². The largest absolute Gasteiger partial charge is 0.204 e. The summed E-state index contributed by atoms with van der Waals surface area (Å²) in [6.45, 7) is 2.29. The van der Waals surface area contributed by atoms with Crippen LogP contribution in [0.4, 0.5) is 8.78 Å². The van der Waals surface area contributed by atoms with Crippen LogP contribution < -0.4 is 0 Å². The van der Waals surface area contributed by atoms with Crippen molar-refractivity contribution in [1.29, 1.82) is 0 Å². The molecule has 2 fully saturated rings. The van der Waals surface area contributed by atoms with E-state index in [9.17, 15) is 8.78 Å². The van der Waals surface area contributed by atoms with Crippen LogP contribution >= 0.6 is 0 Å². The highest BCUT2D eigenvalue weighted by atomic mass is 19.2. The average molecular weight is 361 g/mol. The first kappa shape index (κ1) is 19.6. The lowest BCUT2D eigenvalue weighted by Gasteiger charge is -2.29. The molecular weight excluding hydrogens is 326 g/mol. The van der Waals surface area contributed by atoms with Crippen LogP contribution in [0.25, 0.3) is 0 Å². The maximum Gasteiger partial charge on any atom is 0.159 e. The van der Waals surface area contributed by atoms with E-state index in [2.05, 4.69) is 19.1 Å². The Labute approximate surface area is 158 Å². The van der Waals surface area contributed by atoms with E-state index < -0.39 is 11.6 Å². The van der Waals surface area contributed by atoms with Gasteiger partial charge in [0, 0.05) is 0 Å². The van der Waals surface area contributed by atoms with Gasteiger partial charge in [-0.25, -0.2) is 8.78 Å². The number of hydrogen-bond donors (Lipinski definition) is 0. The lowest BCUT2D eigenvalue weighted by atomic mass is 9.77. The molecule has 1 aromatic carbocycles. The molecule has 0 heterocycles. The summed E-state index contributed by atoms with van der Waals surface area (Å²) in [5.41, 5.74) is 0.969. The highest BCUT2D eigenvalue weighted by Gasteiger charge is 2.23. The van der Waals surface area contributed by atoms with Crippen molar-refractivity contribution in [2.45, 2.75) is 83.5 Å². The van der Waals surface area contributed by atoms with E-state index in [1.165, 1.54) is 69.9 Å². The molecule has 0 saturated heterocycles. The van der Waals surface area contributed by atoms with Gasteiger partial charge in [0.25, 0.3) is 0 Å². The van der Waals surface area contributed by atoms with Crippen molar-refractivity contribution in [2.75, 3.05) is 0 Å². The predicted molar refractivity (Wildman–Crippen MR) is 105 cm³/mol. The molecule has 0 unspecified atom stereocenters. The minimum Gasteiger partial charge on any atom is -0.204 e. The van der Waals surface area contributed by atoms with Crippen molar-refractivity contribution in [3.05, 3.63) is 47.5 Å². The maximum absolute atomic E-state index is 13.4. The van der Waals surface area contributed by atoms with E-state index >= 15 is 0 Å². The Balaban J connectivity index is 1.41. The number of rotatable bonds is 6. The third-order valence-electron chi connectivity index (χ3n) is 6.70. The average Bonchev–Trinajstić information content (AvgIpc) is 2.68. The Morgan fingerprint density at radius 3 is 2.04 bits per heavy atom. The summed E-state index contributed by atoms with van der Waals surface area (Å²) in [6.07, 6.45) is 19.2. The molecule has 3 rings (SSSR count). The monoisotopic (exact) mass is 360 g/mol. The molecule has 144 valence electrons. The lowest BCUT2D eigenvalue weighted by Crippen LogP contribution is -2.14. The summed E-state index contributed by atoms with van der Waals surface area (Å²) in [7, 11) is 0. The van der Waals surface area contributed by atoms with Gasteiger partial charge in [-0.3, -0.25) is 0 Å². The fourth-order valence-corrected chi connectivity index (χ4v) is 4.89. The topological polar surface area (TPSA) is 0 Å². The maximum atomic E-state index is 13.4. The van der Waals surface area contributed by atoms with Gasteiger partial charge in [0.05, 0.1) is 0 Å². The van der Waals surface area contributed by atoms with Gasteiger partial charge < -0.3 is 0 Å². The molecule has 0 amide bonds. The van der Waals surface area contributed by atoms with Crippen molar-refractivity contribution in [3.8, 4) is 0 Å². The molecule has 0 radical (unpaired) electrons. The second-order valence-corrected chi connectivity index (χ2v) is 8.59. The third kappa shape index (κ3) is 5.41. The fourth-order valence-electron chi connectivity index (χ4n) is 4.89. The third-order valence-corrected chi connectivity index (χ3v) is 6.70. The highest BCUT2D eigenvalue weighted by Crippen LogP contribution is 2.38. The Bertz CT molecular complexity index is 576. The first-order chi connectivity index (χ1) is 12.7. The van der Waals surface area contributed by atoms with Crippen molar-refractivity contribution >= 4 is 0 Å². The molecule has 2 heteroatoms. The molecule has 2 aliphatic rings. The van der Waals surface area contributed by atoms with Gasteiger partial charge in [-0.15, -0.1) is 0 Å². The van der Waals surface area contributed by atoms with Gasteiger partial charge >= 0.3 is 0 Å². The van der Waals surface area contributed by atoms with Crippen LogP contribution in [0.2, 0.25) is 0 Å². The number of hydrogen-bond acceptors (Lipinski definition) is 0. The molecule has 0 N–H and O–H groups in total. The molecular formula is C24H34F2. The van der Waals surface area contributed by atoms with Gasteiger partial charge in [-0.05, 0) is 92.7 Å². The molecule has 0 atom stereocenters. The second-order valence-electron chi connectivity index (χ2n) is 8.59. The number of benzene rings is 1. The van der Waals surface area contributed by atoms with Crippen LogP contribution in [0, 0.1) is 29.4 Å². The summed E-state index contributed by atoms with van der Waals surface area (Å²) in [6, 6.07) is 4.43. The molecule has 0 bridgehead atoms. The van der Waals surface area contributed by atoms with Crippen LogP contribution in [0.3, 0.4) is 0 Å². The zero-order valence-electron chi connectivity index (χ0n) is 16.2. The van der Waals surface area contributed by atoms with Crippen molar-refractivity contribution < 1.29 is 8.78 Å². The van der Waals surface area contributed by atoms with Gasteiger partial charge in [0.1, 0.15) is 0 Å². The van der Waals surface area contributed by atoms with Crippen molar-refractivity contribution in [2.24, 2.45) is 17.8 Å². The molecule has 0 aromatic heterocycles. The van der Waals surface area contributed by atoms with E-state index in [0.717, 1.165) is 30.2 Å². The Hall–Kier alpha value is -1.18. The van der Waals surface area contributed by atoms with E-state index in [-0.39, 0.29) is 0 Å². The Morgan fingerprint density at radius 1 is 0.846 bits per heavy atom. The lowest BCUT2D eigenvalue weighted by molar-refractivity contribution is 0.289. The summed E-state index contributed by atoms with van der Waals surface area (Å²) < 4.78 is 26.6. The first-order valence-corrected chi connectivity index (χ1v) is 10.8. The first-order valence-electron chi connectivity index (χ1n) is 10.8. The minimum atomic E-state index is -0.741. The smallest absolute Gasteiger partial charge is 0.159 e. The summed E-state index contributed by atoms with van der Waals surface area (Å²) in [5, 5.41) is 0. The molecule has 0 aliphatic heterocycles. The Morgan fingerprint density at radius 2 is 1.46 bits per heavy atom. The van der Waals surface area contributed by atoms with Crippen molar-refractivity contribution in [1.82, 2.24) is 0 Å². The van der Waals surface area contributed by atoms with Crippen LogP contribution in [-0.4, -0.2) is 0 Å². The number of halogens is 2. The fraction of sp³-hybridized carbons (Fsp3) is 0.667. The van der Waals surface area contributed by atoms with Crippen LogP contribution in [0.5, 0.6) is 0 Å². The quantitative estimate of drug-likeness (QED) is 0.454. The second kappa shape index (κ2) is 9.67. The minimum absolute atomic E-state index is 0.392. The number of allylic oxidation sites excluding steroid dienone is 2. The van der Waals surface area contributed by atoms with E-state index in [0.29, 0.717) is 11.8 Å². The molecule has 2 aliphatic carbocycles. The van der Waals surface area contributed by atoms with E-state index in [4.69, 9.17) is 0 Å². The van der Waals surface area contributed by atoms with Gasteiger partial charge in [0.15, 0.2) is 11.6 Å². The van der Waals surface area contributed by atoms with Crippen LogP contribution in [0.15, 0.2) is 30.4 Å². The standard InChI is InChI=1S/C24H34F2/c1-2-3-4-18-5-7-19(8-6-18)9-10-20-11-13-21(14-12-20)22-15-16-23(25)24(26)17-22/h9-10,15-21H,2-8,11-14H2,1H3. The molecule has 26 heavy (non-hydrogen) atoms. The molecule has 1 aromatic rings. The summed E-state index contributed by atoms with van der Waals surface area (Å²) in [5.74, 6) is 1.38. The molecule has 0 nitrogen and oxygen atoms in total. The zero-order valence-corrected chi connectivity index (χ0v) is 16.2. The number of unbranched alkanes of at least 4 members (excludes halogenated alkanes) is 1. The van der Waals surface area contributed by atoms with Gasteiger partial charge in [-0.2, -0.15) is 0 Å². The normalized spacial score (nSPS) is 30.0.